The number of halogens is 2. The second-order valence-electron chi connectivity index (χ2n) is 4.08. The minimum absolute atomic E-state index is 0.0163. The number of benzene rings is 2. The molecule has 0 aromatic heterocycles. The van der Waals surface area contributed by atoms with Crippen molar-refractivity contribution >= 4 is 55.2 Å². The minimum Gasteiger partial charge on any atom is -0.478 e. The lowest BCUT2D eigenvalue weighted by atomic mass is 10.2. The molecule has 0 aliphatic rings. The van der Waals surface area contributed by atoms with Gasteiger partial charge in [-0.25, -0.2) is 9.59 Å². The molecule has 0 fully saturated rings. The smallest absolute Gasteiger partial charge is 0.337 e. The normalized spacial score (nSPS) is 10.0. The molecule has 0 atom stereocenters. The number of anilines is 2. The molecule has 2 aromatic rings. The Labute approximate surface area is 137 Å². The van der Waals surface area contributed by atoms with Crippen molar-refractivity contribution in [3.63, 3.8) is 0 Å². The standard InChI is InChI=1S/C14H10Br2N2O3/c15-8-2-1-3-10(6-8)17-14(21)18-12-7-9(16)4-5-11(12)13(19)20/h1-7H,(H,19,20)(H2,17,18,21). The second-order valence-corrected chi connectivity index (χ2v) is 5.92. The number of hydrogen-bond donors (Lipinski definition) is 3. The fourth-order valence-electron chi connectivity index (χ4n) is 1.66. The highest BCUT2D eigenvalue weighted by Crippen LogP contribution is 2.22. The molecule has 0 unspecified atom stereocenters. The van der Waals surface area contributed by atoms with Gasteiger partial charge in [0.2, 0.25) is 0 Å². The van der Waals surface area contributed by atoms with Gasteiger partial charge in [0.05, 0.1) is 11.3 Å². The molecule has 0 radical (unpaired) electrons. The van der Waals surface area contributed by atoms with Gasteiger partial charge in [0.1, 0.15) is 0 Å². The number of carbonyl (C=O) groups excluding carboxylic acids is 1. The number of rotatable bonds is 3. The van der Waals surface area contributed by atoms with Crippen molar-refractivity contribution in [1.29, 1.82) is 0 Å². The van der Waals surface area contributed by atoms with Gasteiger partial charge in [0.15, 0.2) is 0 Å². The lowest BCUT2D eigenvalue weighted by molar-refractivity contribution is 0.0698. The maximum absolute atomic E-state index is 11.9. The van der Waals surface area contributed by atoms with Crippen molar-refractivity contribution in [1.82, 2.24) is 0 Å². The Hall–Kier alpha value is -1.86. The first-order valence-electron chi connectivity index (χ1n) is 5.82. The summed E-state index contributed by atoms with van der Waals surface area (Å²) in [6, 6.07) is 11.1. The van der Waals surface area contributed by atoms with E-state index >= 15 is 0 Å². The van der Waals surface area contributed by atoms with Crippen LogP contribution >= 0.6 is 31.9 Å². The molecule has 2 amide bonds. The predicted molar refractivity (Wildman–Crippen MR) is 87.9 cm³/mol. The summed E-state index contributed by atoms with van der Waals surface area (Å²) >= 11 is 6.54. The number of hydrogen-bond acceptors (Lipinski definition) is 2. The highest BCUT2D eigenvalue weighted by atomic mass is 79.9. The molecule has 0 aliphatic carbocycles. The van der Waals surface area contributed by atoms with Crippen molar-refractivity contribution < 1.29 is 14.7 Å². The summed E-state index contributed by atoms with van der Waals surface area (Å²) in [5.74, 6) is -1.11. The predicted octanol–water partition coefficient (Wildman–Crippen LogP) is 4.55. The van der Waals surface area contributed by atoms with Crippen LogP contribution in [0.3, 0.4) is 0 Å². The Bertz CT molecular complexity index is 704. The Morgan fingerprint density at radius 2 is 1.67 bits per heavy atom. The third-order valence-corrected chi connectivity index (χ3v) is 3.53. The second kappa shape index (κ2) is 6.73. The number of aromatic carboxylic acids is 1. The van der Waals surface area contributed by atoms with Crippen LogP contribution in [0.2, 0.25) is 0 Å². The van der Waals surface area contributed by atoms with Gasteiger partial charge in [0.25, 0.3) is 0 Å². The van der Waals surface area contributed by atoms with Crippen LogP contribution in [-0.2, 0) is 0 Å². The maximum Gasteiger partial charge on any atom is 0.337 e. The van der Waals surface area contributed by atoms with Crippen LogP contribution in [0.4, 0.5) is 16.2 Å². The molecule has 21 heavy (non-hydrogen) atoms. The van der Waals surface area contributed by atoms with Crippen molar-refractivity contribution in [3.8, 4) is 0 Å². The van der Waals surface area contributed by atoms with E-state index in [0.29, 0.717) is 10.2 Å². The van der Waals surface area contributed by atoms with E-state index in [0.717, 1.165) is 4.47 Å². The van der Waals surface area contributed by atoms with E-state index in [1.54, 1.807) is 24.3 Å². The van der Waals surface area contributed by atoms with Gasteiger partial charge in [-0.15, -0.1) is 0 Å². The molecular formula is C14H10Br2N2O3. The van der Waals surface area contributed by atoms with E-state index < -0.39 is 12.0 Å². The summed E-state index contributed by atoms with van der Waals surface area (Å²) in [5, 5.41) is 14.3. The van der Waals surface area contributed by atoms with Crippen LogP contribution in [0.1, 0.15) is 10.4 Å². The van der Waals surface area contributed by atoms with E-state index in [-0.39, 0.29) is 11.3 Å². The summed E-state index contributed by atoms with van der Waals surface area (Å²) in [7, 11) is 0. The average Bonchev–Trinajstić information content (AvgIpc) is 2.38. The van der Waals surface area contributed by atoms with Crippen LogP contribution in [0.5, 0.6) is 0 Å². The molecule has 3 N–H and O–H groups in total. The SMILES string of the molecule is O=C(Nc1cccc(Br)c1)Nc1cc(Br)ccc1C(=O)O. The van der Waals surface area contributed by atoms with Crippen molar-refractivity contribution in [2.75, 3.05) is 10.6 Å². The van der Waals surface area contributed by atoms with E-state index in [1.807, 2.05) is 6.07 Å². The first-order valence-corrected chi connectivity index (χ1v) is 7.41. The third kappa shape index (κ3) is 4.30. The zero-order valence-corrected chi connectivity index (χ0v) is 13.7. The van der Waals surface area contributed by atoms with Crippen molar-refractivity contribution in [2.24, 2.45) is 0 Å². The molecule has 0 saturated heterocycles. The fourth-order valence-corrected chi connectivity index (χ4v) is 2.42. The molecule has 5 nitrogen and oxygen atoms in total. The molecule has 0 saturated carbocycles. The van der Waals surface area contributed by atoms with Gasteiger partial charge in [-0.2, -0.15) is 0 Å². The van der Waals surface area contributed by atoms with Gasteiger partial charge in [-0.05, 0) is 36.4 Å². The van der Waals surface area contributed by atoms with Gasteiger partial charge in [-0.1, -0.05) is 37.9 Å². The maximum atomic E-state index is 11.9. The monoisotopic (exact) mass is 412 g/mol. The van der Waals surface area contributed by atoms with Gasteiger partial charge < -0.3 is 15.7 Å². The van der Waals surface area contributed by atoms with Crippen molar-refractivity contribution in [2.45, 2.75) is 0 Å². The Morgan fingerprint density at radius 3 is 2.33 bits per heavy atom. The largest absolute Gasteiger partial charge is 0.478 e. The molecule has 2 rings (SSSR count). The highest BCUT2D eigenvalue weighted by molar-refractivity contribution is 9.10. The zero-order valence-electron chi connectivity index (χ0n) is 10.6. The van der Waals surface area contributed by atoms with Crippen LogP contribution in [-0.4, -0.2) is 17.1 Å². The van der Waals surface area contributed by atoms with Crippen LogP contribution in [0.15, 0.2) is 51.4 Å². The summed E-state index contributed by atoms with van der Waals surface area (Å²) in [5.41, 5.74) is 0.820. The molecule has 0 aliphatic heterocycles. The Morgan fingerprint density at radius 1 is 0.952 bits per heavy atom. The zero-order chi connectivity index (χ0) is 15.4. The molecule has 7 heteroatoms. The lowest BCUT2D eigenvalue weighted by Gasteiger charge is -2.10. The quantitative estimate of drug-likeness (QED) is 0.690. The molecule has 2 aromatic carbocycles. The molecule has 108 valence electrons. The first kappa shape index (κ1) is 15.5. The number of urea groups is 1. The number of carboxylic acids is 1. The Balaban J connectivity index is 2.16. The number of carboxylic acid groups (broad SMARTS) is 1. The summed E-state index contributed by atoms with van der Waals surface area (Å²) in [6.45, 7) is 0. The van der Waals surface area contributed by atoms with Crippen molar-refractivity contribution in [3.05, 3.63) is 57.0 Å². The van der Waals surface area contributed by atoms with E-state index in [2.05, 4.69) is 42.5 Å². The van der Waals surface area contributed by atoms with E-state index in [9.17, 15) is 9.59 Å². The summed E-state index contributed by atoms with van der Waals surface area (Å²) in [6.07, 6.45) is 0. The van der Waals surface area contributed by atoms with E-state index in [1.165, 1.54) is 12.1 Å². The summed E-state index contributed by atoms with van der Waals surface area (Å²) < 4.78 is 1.50. The van der Waals surface area contributed by atoms with Crippen LogP contribution < -0.4 is 10.6 Å². The van der Waals surface area contributed by atoms with E-state index in [4.69, 9.17) is 5.11 Å². The van der Waals surface area contributed by atoms with Gasteiger partial charge in [0, 0.05) is 14.6 Å². The molecular weight excluding hydrogens is 404 g/mol. The molecule has 0 heterocycles. The third-order valence-electron chi connectivity index (χ3n) is 2.54. The first-order chi connectivity index (χ1) is 9.95. The number of amides is 2. The molecule has 0 bridgehead atoms. The van der Waals surface area contributed by atoms with Gasteiger partial charge in [-0.3, -0.25) is 0 Å². The number of carbonyl (C=O) groups is 2. The van der Waals surface area contributed by atoms with Gasteiger partial charge >= 0.3 is 12.0 Å². The topological polar surface area (TPSA) is 78.4 Å². The highest BCUT2D eigenvalue weighted by Gasteiger charge is 2.13. The average molecular weight is 414 g/mol. The fraction of sp³-hybridized carbons (Fsp3) is 0. The summed E-state index contributed by atoms with van der Waals surface area (Å²) in [4.78, 5) is 23.1. The molecule has 0 spiro atoms. The van der Waals surface area contributed by atoms with Crippen LogP contribution in [0.25, 0.3) is 0 Å². The Kier molecular flexibility index (Phi) is 4.98. The lowest BCUT2D eigenvalue weighted by Crippen LogP contribution is -2.21. The number of nitrogens with one attached hydrogen (secondary N) is 2. The minimum atomic E-state index is -1.11. The van der Waals surface area contributed by atoms with Crippen LogP contribution in [0, 0.1) is 0 Å².